The first-order valence-electron chi connectivity index (χ1n) is 6.43. The molecule has 1 heterocycles. The lowest BCUT2D eigenvalue weighted by molar-refractivity contribution is -0.384. The molecule has 0 radical (unpaired) electrons. The molecular formula is C12H17N3O5S. The van der Waals surface area contributed by atoms with E-state index >= 15 is 0 Å². The van der Waals surface area contributed by atoms with Crippen molar-refractivity contribution in [3.63, 3.8) is 0 Å². The minimum Gasteiger partial charge on any atom is -0.394 e. The van der Waals surface area contributed by atoms with Crippen molar-refractivity contribution >= 4 is 15.7 Å². The van der Waals surface area contributed by atoms with Crippen molar-refractivity contribution in [2.75, 3.05) is 19.7 Å². The summed E-state index contributed by atoms with van der Waals surface area (Å²) in [6, 6.07) is 4.78. The summed E-state index contributed by atoms with van der Waals surface area (Å²) in [7, 11) is -3.69. The first-order chi connectivity index (χ1) is 9.78. The number of nitro benzene ring substituents is 1. The molecule has 2 rings (SSSR count). The van der Waals surface area contributed by atoms with Gasteiger partial charge in [0.15, 0.2) is 0 Å². The molecule has 1 saturated heterocycles. The van der Waals surface area contributed by atoms with Crippen LogP contribution in [0.1, 0.15) is 12.8 Å². The summed E-state index contributed by atoms with van der Waals surface area (Å²) < 4.78 is 26.1. The summed E-state index contributed by atoms with van der Waals surface area (Å²) in [6.07, 6.45) is 0.741. The average Bonchev–Trinajstić information content (AvgIpc) is 2.48. The van der Waals surface area contributed by atoms with Gasteiger partial charge in [-0.2, -0.15) is 4.31 Å². The maximum atomic E-state index is 12.4. The van der Waals surface area contributed by atoms with Crippen molar-refractivity contribution in [3.05, 3.63) is 34.4 Å². The number of sulfonamides is 1. The Bertz CT molecular complexity index is 621. The minimum atomic E-state index is -3.69. The highest BCUT2D eigenvalue weighted by molar-refractivity contribution is 7.89. The number of nitro groups is 1. The van der Waals surface area contributed by atoms with E-state index in [0.717, 1.165) is 12.1 Å². The van der Waals surface area contributed by atoms with E-state index in [2.05, 4.69) is 0 Å². The zero-order valence-corrected chi connectivity index (χ0v) is 12.1. The molecule has 9 heteroatoms. The third-order valence-electron chi connectivity index (χ3n) is 3.72. The average molecular weight is 315 g/mol. The van der Waals surface area contributed by atoms with E-state index < -0.39 is 20.5 Å². The van der Waals surface area contributed by atoms with Crippen molar-refractivity contribution in [1.29, 1.82) is 0 Å². The van der Waals surface area contributed by atoms with Crippen LogP contribution in [0.4, 0.5) is 5.69 Å². The molecule has 0 atom stereocenters. The summed E-state index contributed by atoms with van der Waals surface area (Å²) >= 11 is 0. The topological polar surface area (TPSA) is 127 Å². The van der Waals surface area contributed by atoms with Gasteiger partial charge in [-0.1, -0.05) is 0 Å². The third kappa shape index (κ3) is 3.21. The monoisotopic (exact) mass is 315 g/mol. The van der Waals surface area contributed by atoms with Gasteiger partial charge in [-0.3, -0.25) is 10.1 Å². The first kappa shape index (κ1) is 15.8. The molecule has 1 aromatic carbocycles. The van der Waals surface area contributed by atoms with E-state index in [0.29, 0.717) is 12.8 Å². The number of nitrogens with two attached hydrogens (primary N) is 1. The molecule has 0 bridgehead atoms. The zero-order chi connectivity index (χ0) is 15.7. The molecule has 0 saturated carbocycles. The van der Waals surface area contributed by atoms with Gasteiger partial charge in [-0.25, -0.2) is 8.42 Å². The van der Waals surface area contributed by atoms with Crippen LogP contribution in [0, 0.1) is 10.1 Å². The van der Waals surface area contributed by atoms with Crippen LogP contribution >= 0.6 is 0 Å². The van der Waals surface area contributed by atoms with Crippen molar-refractivity contribution in [2.24, 2.45) is 5.73 Å². The number of hydrogen-bond acceptors (Lipinski definition) is 6. The second-order valence-electron chi connectivity index (χ2n) is 5.18. The molecule has 0 aliphatic carbocycles. The largest absolute Gasteiger partial charge is 0.394 e. The molecule has 21 heavy (non-hydrogen) atoms. The van der Waals surface area contributed by atoms with Gasteiger partial charge < -0.3 is 10.8 Å². The standard InChI is InChI=1S/C12H17N3O5S/c13-12(9-16)5-7-14(8-6-12)21(19,20)11-3-1-10(2-4-11)15(17)18/h1-4,16H,5-9,13H2. The van der Waals surface area contributed by atoms with Crippen LogP contribution in [-0.2, 0) is 10.0 Å². The van der Waals surface area contributed by atoms with Gasteiger partial charge in [-0.05, 0) is 25.0 Å². The zero-order valence-electron chi connectivity index (χ0n) is 11.3. The lowest BCUT2D eigenvalue weighted by Crippen LogP contribution is -2.53. The molecule has 8 nitrogen and oxygen atoms in total. The number of aliphatic hydroxyl groups excluding tert-OH is 1. The van der Waals surface area contributed by atoms with E-state index in [1.807, 2.05) is 0 Å². The molecule has 0 spiro atoms. The van der Waals surface area contributed by atoms with Crippen LogP contribution in [0.5, 0.6) is 0 Å². The predicted octanol–water partition coefficient (Wildman–Crippen LogP) is 0.0691. The molecule has 1 aliphatic rings. The number of aliphatic hydroxyl groups is 1. The molecule has 0 unspecified atom stereocenters. The normalized spacial score (nSPS) is 19.3. The molecule has 116 valence electrons. The molecule has 3 N–H and O–H groups in total. The van der Waals surface area contributed by atoms with Crippen LogP contribution in [0.2, 0.25) is 0 Å². The maximum absolute atomic E-state index is 12.4. The number of piperidine rings is 1. The van der Waals surface area contributed by atoms with Gasteiger partial charge in [0.1, 0.15) is 0 Å². The van der Waals surface area contributed by atoms with Crippen molar-refractivity contribution in [2.45, 2.75) is 23.3 Å². The van der Waals surface area contributed by atoms with Crippen molar-refractivity contribution < 1.29 is 18.4 Å². The minimum absolute atomic E-state index is 0.0154. The number of hydrogen-bond donors (Lipinski definition) is 2. The first-order valence-corrected chi connectivity index (χ1v) is 7.87. The number of benzene rings is 1. The fraction of sp³-hybridized carbons (Fsp3) is 0.500. The number of nitrogens with zero attached hydrogens (tertiary/aromatic N) is 2. The Balaban J connectivity index is 2.17. The van der Waals surface area contributed by atoms with Crippen LogP contribution in [0.15, 0.2) is 29.2 Å². The SMILES string of the molecule is NC1(CO)CCN(S(=O)(=O)c2ccc([N+](=O)[O-])cc2)CC1. The quantitative estimate of drug-likeness (QED) is 0.598. The highest BCUT2D eigenvalue weighted by Gasteiger charge is 2.35. The summed E-state index contributed by atoms with van der Waals surface area (Å²) in [5, 5.41) is 19.8. The van der Waals surface area contributed by atoms with E-state index in [1.54, 1.807) is 0 Å². The van der Waals surface area contributed by atoms with Crippen LogP contribution in [0.25, 0.3) is 0 Å². The summed E-state index contributed by atoms with van der Waals surface area (Å²) in [6.45, 7) is 0.255. The third-order valence-corrected chi connectivity index (χ3v) is 5.63. The Morgan fingerprint density at radius 2 is 1.81 bits per heavy atom. The summed E-state index contributed by atoms with van der Waals surface area (Å²) in [5.41, 5.74) is 5.02. The molecule has 1 aliphatic heterocycles. The number of non-ortho nitro benzene ring substituents is 1. The van der Waals surface area contributed by atoms with Gasteiger partial charge in [0, 0.05) is 30.8 Å². The molecule has 0 amide bonds. The lowest BCUT2D eigenvalue weighted by Gasteiger charge is -2.37. The number of rotatable bonds is 4. The molecule has 0 aromatic heterocycles. The highest BCUT2D eigenvalue weighted by atomic mass is 32.2. The Kier molecular flexibility index (Phi) is 4.28. The van der Waals surface area contributed by atoms with Gasteiger partial charge >= 0.3 is 0 Å². The Morgan fingerprint density at radius 3 is 2.24 bits per heavy atom. The van der Waals surface area contributed by atoms with E-state index in [4.69, 9.17) is 5.73 Å². The predicted molar refractivity (Wildman–Crippen MR) is 75.1 cm³/mol. The van der Waals surface area contributed by atoms with Crippen LogP contribution in [-0.4, -0.2) is 48.0 Å². The highest BCUT2D eigenvalue weighted by Crippen LogP contribution is 2.25. The van der Waals surface area contributed by atoms with E-state index in [1.165, 1.54) is 16.4 Å². The van der Waals surface area contributed by atoms with E-state index in [9.17, 15) is 23.6 Å². The fourth-order valence-corrected chi connectivity index (χ4v) is 3.66. The second kappa shape index (κ2) is 5.68. The van der Waals surface area contributed by atoms with Gasteiger partial charge in [0.05, 0.1) is 16.4 Å². The summed E-state index contributed by atoms with van der Waals surface area (Å²) in [5.74, 6) is 0. The second-order valence-corrected chi connectivity index (χ2v) is 7.11. The maximum Gasteiger partial charge on any atom is 0.269 e. The summed E-state index contributed by atoms with van der Waals surface area (Å²) in [4.78, 5) is 10.0. The Labute approximate surface area is 122 Å². The van der Waals surface area contributed by atoms with Crippen LogP contribution in [0.3, 0.4) is 0 Å². The van der Waals surface area contributed by atoms with Gasteiger partial charge in [0.2, 0.25) is 10.0 Å². The molecule has 1 fully saturated rings. The van der Waals surface area contributed by atoms with Crippen LogP contribution < -0.4 is 5.73 Å². The molecular weight excluding hydrogens is 298 g/mol. The molecule has 1 aromatic rings. The Hall–Kier alpha value is -1.55. The fourth-order valence-electron chi connectivity index (χ4n) is 2.22. The smallest absolute Gasteiger partial charge is 0.269 e. The van der Waals surface area contributed by atoms with E-state index in [-0.39, 0.29) is 30.3 Å². The van der Waals surface area contributed by atoms with Crippen molar-refractivity contribution in [1.82, 2.24) is 4.31 Å². The van der Waals surface area contributed by atoms with Crippen molar-refractivity contribution in [3.8, 4) is 0 Å². The Morgan fingerprint density at radius 1 is 1.29 bits per heavy atom. The lowest BCUT2D eigenvalue weighted by atomic mass is 9.91. The van der Waals surface area contributed by atoms with Gasteiger partial charge in [-0.15, -0.1) is 0 Å². The van der Waals surface area contributed by atoms with Gasteiger partial charge in [0.25, 0.3) is 5.69 Å².